The van der Waals surface area contributed by atoms with E-state index >= 15 is 0 Å². The molecule has 3 nitrogen and oxygen atoms in total. The first kappa shape index (κ1) is 14.3. The summed E-state index contributed by atoms with van der Waals surface area (Å²) in [7, 11) is -1.71. The maximum atomic E-state index is 6.08. The molecular weight excluding hydrogens is 228 g/mol. The quantitative estimate of drug-likeness (QED) is 0.838. The van der Waals surface area contributed by atoms with Gasteiger partial charge in [-0.3, -0.25) is 4.98 Å². The van der Waals surface area contributed by atoms with E-state index in [2.05, 4.69) is 38.8 Å². The predicted octanol–water partition coefficient (Wildman–Crippen LogP) is 3.10. The smallest absolute Gasteiger partial charge is 0.192 e. The molecule has 1 heterocycles. The lowest BCUT2D eigenvalue weighted by molar-refractivity contribution is 0.263. The third kappa shape index (κ3) is 3.91. The molecule has 2 N–H and O–H groups in total. The van der Waals surface area contributed by atoms with Crippen LogP contribution in [0.5, 0.6) is 0 Å². The van der Waals surface area contributed by atoms with Crippen LogP contribution >= 0.6 is 0 Å². The van der Waals surface area contributed by atoms with Gasteiger partial charge in [0.2, 0.25) is 0 Å². The molecule has 0 aliphatic rings. The highest BCUT2D eigenvalue weighted by Gasteiger charge is 2.37. The van der Waals surface area contributed by atoms with Crippen LogP contribution in [0.1, 0.15) is 32.5 Å². The van der Waals surface area contributed by atoms with Gasteiger partial charge in [0, 0.05) is 6.20 Å². The summed E-state index contributed by atoms with van der Waals surface area (Å²) in [6.45, 7) is 11.7. The molecule has 1 atom stereocenters. The standard InChI is InChI=1S/C13H24N2OSi/c1-13(2,3)17(4,5)16-10-11(14)12-8-6-7-9-15-12/h6-9,11H,10,14H2,1-5H3/t11-/m1/s1. The third-order valence-electron chi connectivity index (χ3n) is 3.50. The van der Waals surface area contributed by atoms with Gasteiger partial charge in [-0.05, 0) is 30.3 Å². The molecule has 0 amide bonds. The van der Waals surface area contributed by atoms with Gasteiger partial charge in [0.15, 0.2) is 8.32 Å². The Morgan fingerprint density at radius 2 is 2.00 bits per heavy atom. The van der Waals surface area contributed by atoms with E-state index in [0.717, 1.165) is 5.69 Å². The molecule has 0 fully saturated rings. The van der Waals surface area contributed by atoms with Crippen molar-refractivity contribution in [3.63, 3.8) is 0 Å². The summed E-state index contributed by atoms with van der Waals surface area (Å²) in [5.41, 5.74) is 6.97. The number of hydrogen-bond acceptors (Lipinski definition) is 3. The number of rotatable bonds is 4. The zero-order chi connectivity index (χ0) is 13.1. The Balaban J connectivity index is 2.58. The maximum Gasteiger partial charge on any atom is 0.192 e. The molecule has 4 heteroatoms. The Morgan fingerprint density at radius 1 is 1.35 bits per heavy atom. The van der Waals surface area contributed by atoms with Gasteiger partial charge in [0.05, 0.1) is 18.3 Å². The SMILES string of the molecule is CC(C)(C)[Si](C)(C)OC[C@@H](N)c1ccccn1. The highest BCUT2D eigenvalue weighted by atomic mass is 28.4. The molecule has 17 heavy (non-hydrogen) atoms. The van der Waals surface area contributed by atoms with E-state index in [4.69, 9.17) is 10.2 Å². The largest absolute Gasteiger partial charge is 0.415 e. The summed E-state index contributed by atoms with van der Waals surface area (Å²) in [6, 6.07) is 5.66. The number of nitrogens with two attached hydrogens (primary N) is 1. The number of hydrogen-bond donors (Lipinski definition) is 1. The van der Waals surface area contributed by atoms with Crippen LogP contribution in [0.3, 0.4) is 0 Å². The van der Waals surface area contributed by atoms with Crippen LogP contribution in [0.15, 0.2) is 24.4 Å². The molecule has 0 aromatic carbocycles. The van der Waals surface area contributed by atoms with E-state index in [9.17, 15) is 0 Å². The average Bonchev–Trinajstić information content (AvgIpc) is 2.25. The van der Waals surface area contributed by atoms with E-state index < -0.39 is 8.32 Å². The summed E-state index contributed by atoms with van der Waals surface area (Å²) in [5.74, 6) is 0. The lowest BCUT2D eigenvalue weighted by Gasteiger charge is -2.36. The Hall–Kier alpha value is -0.713. The van der Waals surface area contributed by atoms with Crippen LogP contribution < -0.4 is 5.73 Å². The van der Waals surface area contributed by atoms with Gasteiger partial charge >= 0.3 is 0 Å². The molecule has 1 rings (SSSR count). The zero-order valence-electron chi connectivity index (χ0n) is 11.5. The van der Waals surface area contributed by atoms with Crippen molar-refractivity contribution in [2.45, 2.75) is 44.9 Å². The third-order valence-corrected chi connectivity index (χ3v) is 8.00. The molecule has 0 spiro atoms. The van der Waals surface area contributed by atoms with Crippen molar-refractivity contribution in [2.75, 3.05) is 6.61 Å². The fraction of sp³-hybridized carbons (Fsp3) is 0.615. The summed E-state index contributed by atoms with van der Waals surface area (Å²) >= 11 is 0. The molecule has 0 saturated carbocycles. The van der Waals surface area contributed by atoms with Crippen LogP contribution in [0.2, 0.25) is 18.1 Å². The lowest BCUT2D eigenvalue weighted by atomic mass is 10.2. The molecule has 96 valence electrons. The second kappa shape index (κ2) is 5.29. The molecule has 1 aromatic rings. The second-order valence-corrected chi connectivity index (χ2v) is 10.7. The van der Waals surface area contributed by atoms with Crippen molar-refractivity contribution in [3.8, 4) is 0 Å². The minimum atomic E-state index is -1.71. The van der Waals surface area contributed by atoms with Crippen LogP contribution in [0.25, 0.3) is 0 Å². The monoisotopic (exact) mass is 252 g/mol. The first-order valence-electron chi connectivity index (χ1n) is 6.04. The van der Waals surface area contributed by atoms with Crippen molar-refractivity contribution in [1.82, 2.24) is 4.98 Å². The highest BCUT2D eigenvalue weighted by Crippen LogP contribution is 2.36. The van der Waals surface area contributed by atoms with Gasteiger partial charge in [-0.25, -0.2) is 0 Å². The molecule has 0 saturated heterocycles. The summed E-state index contributed by atoms with van der Waals surface area (Å²) in [5, 5.41) is 0.219. The fourth-order valence-corrected chi connectivity index (χ4v) is 2.22. The number of aromatic nitrogens is 1. The predicted molar refractivity (Wildman–Crippen MR) is 74.3 cm³/mol. The number of pyridine rings is 1. The van der Waals surface area contributed by atoms with E-state index in [-0.39, 0.29) is 11.1 Å². The molecule has 0 unspecified atom stereocenters. The lowest BCUT2D eigenvalue weighted by Crippen LogP contribution is -2.42. The first-order chi connectivity index (χ1) is 7.74. The van der Waals surface area contributed by atoms with Gasteiger partial charge in [0.1, 0.15) is 0 Å². The van der Waals surface area contributed by atoms with Gasteiger partial charge in [-0.15, -0.1) is 0 Å². The van der Waals surface area contributed by atoms with Crippen molar-refractivity contribution >= 4 is 8.32 Å². The molecule has 1 aromatic heterocycles. The summed E-state index contributed by atoms with van der Waals surface area (Å²) in [6.07, 6.45) is 1.77. The molecular formula is C13H24N2OSi. The molecule has 0 radical (unpaired) electrons. The normalized spacial score (nSPS) is 14.7. The van der Waals surface area contributed by atoms with Gasteiger partial charge in [0.25, 0.3) is 0 Å². The minimum absolute atomic E-state index is 0.134. The Kier molecular flexibility index (Phi) is 4.46. The van der Waals surface area contributed by atoms with Crippen LogP contribution in [0, 0.1) is 0 Å². The van der Waals surface area contributed by atoms with Crippen LogP contribution in [-0.4, -0.2) is 19.9 Å². The highest BCUT2D eigenvalue weighted by molar-refractivity contribution is 6.74. The van der Waals surface area contributed by atoms with E-state index in [1.807, 2.05) is 18.2 Å². The van der Waals surface area contributed by atoms with E-state index in [1.165, 1.54) is 0 Å². The van der Waals surface area contributed by atoms with Crippen LogP contribution in [0.4, 0.5) is 0 Å². The summed E-state index contributed by atoms with van der Waals surface area (Å²) in [4.78, 5) is 4.25. The van der Waals surface area contributed by atoms with Gasteiger partial charge in [-0.1, -0.05) is 26.8 Å². The topological polar surface area (TPSA) is 48.1 Å². The minimum Gasteiger partial charge on any atom is -0.415 e. The van der Waals surface area contributed by atoms with Crippen molar-refractivity contribution in [1.29, 1.82) is 0 Å². The van der Waals surface area contributed by atoms with Crippen LogP contribution in [-0.2, 0) is 4.43 Å². The summed E-state index contributed by atoms with van der Waals surface area (Å²) < 4.78 is 6.08. The van der Waals surface area contributed by atoms with Crippen molar-refractivity contribution in [3.05, 3.63) is 30.1 Å². The Morgan fingerprint density at radius 3 is 2.47 bits per heavy atom. The van der Waals surface area contributed by atoms with Gasteiger partial charge in [-0.2, -0.15) is 0 Å². The van der Waals surface area contributed by atoms with Crippen molar-refractivity contribution < 1.29 is 4.43 Å². The van der Waals surface area contributed by atoms with Crippen molar-refractivity contribution in [2.24, 2.45) is 5.73 Å². The maximum absolute atomic E-state index is 6.08. The zero-order valence-corrected chi connectivity index (χ0v) is 12.5. The Bertz CT molecular complexity index is 346. The van der Waals surface area contributed by atoms with E-state index in [1.54, 1.807) is 6.20 Å². The average molecular weight is 252 g/mol. The molecule has 0 bridgehead atoms. The fourth-order valence-electron chi connectivity index (χ4n) is 1.20. The van der Waals surface area contributed by atoms with E-state index in [0.29, 0.717) is 6.61 Å². The molecule has 0 aliphatic carbocycles. The first-order valence-corrected chi connectivity index (χ1v) is 8.95. The second-order valence-electron chi connectivity index (χ2n) is 5.93. The Labute approximate surface area is 106 Å². The molecule has 0 aliphatic heterocycles. The van der Waals surface area contributed by atoms with Gasteiger partial charge < -0.3 is 10.2 Å². The number of nitrogens with zero attached hydrogens (tertiary/aromatic N) is 1.